The van der Waals surface area contributed by atoms with Crippen LogP contribution in [0.4, 0.5) is 8.78 Å². The lowest BCUT2D eigenvalue weighted by Gasteiger charge is -2.30. The van der Waals surface area contributed by atoms with Crippen molar-refractivity contribution < 1.29 is 18.4 Å². The topological polar surface area (TPSA) is 63.4 Å². The van der Waals surface area contributed by atoms with Gasteiger partial charge in [-0.3, -0.25) is 14.5 Å². The molecule has 110 valence electrons. The minimum Gasteiger partial charge on any atom is -0.369 e. The first-order chi connectivity index (χ1) is 9.23. The lowest BCUT2D eigenvalue weighted by Crippen LogP contribution is -2.47. The van der Waals surface area contributed by atoms with Gasteiger partial charge in [-0.2, -0.15) is 0 Å². The lowest BCUT2D eigenvalue weighted by atomic mass is 10.0. The van der Waals surface area contributed by atoms with Crippen molar-refractivity contribution in [3.8, 4) is 0 Å². The number of benzene rings is 1. The summed E-state index contributed by atoms with van der Waals surface area (Å²) in [4.78, 5) is 24.9. The summed E-state index contributed by atoms with van der Waals surface area (Å²) in [7, 11) is 0. The normalized spacial score (nSPS) is 12.8. The van der Waals surface area contributed by atoms with Gasteiger partial charge in [-0.05, 0) is 39.0 Å². The molecule has 1 amide bonds. The molecule has 1 unspecified atom stereocenters. The highest BCUT2D eigenvalue weighted by molar-refractivity contribution is 6.00. The molecule has 1 aromatic carbocycles. The van der Waals surface area contributed by atoms with Crippen molar-refractivity contribution in [2.45, 2.75) is 32.9 Å². The van der Waals surface area contributed by atoms with Crippen LogP contribution in [0.15, 0.2) is 18.2 Å². The van der Waals surface area contributed by atoms with Crippen LogP contribution >= 0.6 is 0 Å². The number of ketones is 1. The van der Waals surface area contributed by atoms with Crippen LogP contribution in [-0.2, 0) is 4.79 Å². The van der Waals surface area contributed by atoms with Gasteiger partial charge in [-0.25, -0.2) is 8.78 Å². The number of hydrogen-bond donors (Lipinski definition) is 1. The molecule has 0 aliphatic rings. The van der Waals surface area contributed by atoms with Crippen molar-refractivity contribution in [3.05, 3.63) is 35.4 Å². The maximum Gasteiger partial charge on any atom is 0.231 e. The molecule has 0 fully saturated rings. The quantitative estimate of drug-likeness (QED) is 0.809. The van der Waals surface area contributed by atoms with Gasteiger partial charge in [-0.15, -0.1) is 0 Å². The maximum atomic E-state index is 13.2. The Labute approximate surface area is 116 Å². The maximum absolute atomic E-state index is 13.2. The first-order valence-electron chi connectivity index (χ1n) is 6.27. The van der Waals surface area contributed by atoms with E-state index in [1.165, 1.54) is 6.07 Å². The Balaban J connectivity index is 2.98. The van der Waals surface area contributed by atoms with Crippen LogP contribution < -0.4 is 5.73 Å². The van der Waals surface area contributed by atoms with Crippen LogP contribution in [0.2, 0.25) is 0 Å². The summed E-state index contributed by atoms with van der Waals surface area (Å²) >= 11 is 0. The van der Waals surface area contributed by atoms with Gasteiger partial charge in [0.05, 0.1) is 12.6 Å². The highest BCUT2D eigenvalue weighted by Crippen LogP contribution is 2.15. The fourth-order valence-electron chi connectivity index (χ4n) is 1.99. The molecule has 1 atom stereocenters. The van der Waals surface area contributed by atoms with Crippen molar-refractivity contribution in [1.29, 1.82) is 0 Å². The first-order valence-corrected chi connectivity index (χ1v) is 6.27. The van der Waals surface area contributed by atoms with E-state index in [1.807, 2.05) is 13.8 Å². The Morgan fingerprint density at radius 3 is 2.25 bits per heavy atom. The molecule has 1 aromatic rings. The van der Waals surface area contributed by atoms with Crippen LogP contribution in [0.1, 0.15) is 31.1 Å². The molecule has 0 heterocycles. The van der Waals surface area contributed by atoms with Crippen molar-refractivity contribution in [2.24, 2.45) is 5.73 Å². The van der Waals surface area contributed by atoms with Gasteiger partial charge in [0.2, 0.25) is 5.91 Å². The number of nitrogens with zero attached hydrogens (tertiary/aromatic N) is 1. The molecule has 0 aliphatic heterocycles. The molecule has 0 spiro atoms. The van der Waals surface area contributed by atoms with Crippen LogP contribution in [0.3, 0.4) is 0 Å². The molecule has 6 heteroatoms. The van der Waals surface area contributed by atoms with Crippen molar-refractivity contribution >= 4 is 11.7 Å². The highest BCUT2D eigenvalue weighted by atomic mass is 19.2. The highest BCUT2D eigenvalue weighted by Gasteiger charge is 2.26. The molecule has 0 bridgehead atoms. The van der Waals surface area contributed by atoms with Crippen molar-refractivity contribution in [1.82, 2.24) is 4.90 Å². The predicted molar refractivity (Wildman–Crippen MR) is 71.2 cm³/mol. The summed E-state index contributed by atoms with van der Waals surface area (Å²) in [6, 6.07) is 2.24. The lowest BCUT2D eigenvalue weighted by molar-refractivity contribution is -0.119. The SMILES string of the molecule is CC(C)N(CC(N)=O)C(C)C(=O)c1ccc(F)c(F)c1. The van der Waals surface area contributed by atoms with Crippen molar-refractivity contribution in [3.63, 3.8) is 0 Å². The Bertz CT molecular complexity index is 518. The van der Waals surface area contributed by atoms with Gasteiger partial charge in [0, 0.05) is 11.6 Å². The van der Waals surface area contributed by atoms with E-state index < -0.39 is 23.6 Å². The average Bonchev–Trinajstić information content (AvgIpc) is 2.37. The number of carbonyl (C=O) groups is 2. The molecule has 0 saturated heterocycles. The summed E-state index contributed by atoms with van der Waals surface area (Å²) in [5.74, 6) is -3.02. The van der Waals surface area contributed by atoms with Crippen LogP contribution in [0, 0.1) is 11.6 Å². The van der Waals surface area contributed by atoms with Crippen LogP contribution in [0.25, 0.3) is 0 Å². The number of primary amides is 1. The number of Topliss-reactive ketones (excluding diaryl/α,β-unsaturated/α-hetero) is 1. The van der Waals surface area contributed by atoms with Gasteiger partial charge in [0.25, 0.3) is 0 Å². The third kappa shape index (κ3) is 3.84. The fourth-order valence-corrected chi connectivity index (χ4v) is 1.99. The monoisotopic (exact) mass is 284 g/mol. The van der Waals surface area contributed by atoms with E-state index >= 15 is 0 Å². The summed E-state index contributed by atoms with van der Waals surface area (Å²) in [6.45, 7) is 5.16. The minimum atomic E-state index is -1.07. The second-order valence-corrected chi connectivity index (χ2v) is 4.90. The Morgan fingerprint density at radius 1 is 1.20 bits per heavy atom. The van der Waals surface area contributed by atoms with Gasteiger partial charge >= 0.3 is 0 Å². The summed E-state index contributed by atoms with van der Waals surface area (Å²) in [6.07, 6.45) is 0. The molecule has 20 heavy (non-hydrogen) atoms. The molecule has 0 aromatic heterocycles. The average molecular weight is 284 g/mol. The second-order valence-electron chi connectivity index (χ2n) is 4.90. The fraction of sp³-hybridized carbons (Fsp3) is 0.429. The van der Waals surface area contributed by atoms with E-state index in [0.29, 0.717) is 0 Å². The summed E-state index contributed by atoms with van der Waals surface area (Å²) in [5, 5.41) is 0. The molecule has 0 aliphatic carbocycles. The Kier molecular flexibility index (Phi) is 5.33. The van der Waals surface area contributed by atoms with Crippen LogP contribution in [-0.4, -0.2) is 35.2 Å². The number of rotatable bonds is 6. The van der Waals surface area contributed by atoms with E-state index in [0.717, 1.165) is 12.1 Å². The summed E-state index contributed by atoms with van der Waals surface area (Å²) in [5.41, 5.74) is 5.21. The number of nitrogens with two attached hydrogens (primary N) is 1. The first kappa shape index (κ1) is 16.2. The molecule has 0 saturated carbocycles. The molecule has 1 rings (SSSR count). The molecule has 2 N–H and O–H groups in total. The number of hydrogen-bond acceptors (Lipinski definition) is 3. The number of carbonyl (C=O) groups excluding carboxylic acids is 2. The van der Waals surface area contributed by atoms with E-state index in [4.69, 9.17) is 5.73 Å². The standard InChI is InChI=1S/C14H18F2N2O2/c1-8(2)18(7-13(17)19)9(3)14(20)10-4-5-11(15)12(16)6-10/h4-6,8-9H,7H2,1-3H3,(H2,17,19). The van der Waals surface area contributed by atoms with Gasteiger partial charge < -0.3 is 5.73 Å². The van der Waals surface area contributed by atoms with Crippen molar-refractivity contribution in [2.75, 3.05) is 6.54 Å². The van der Waals surface area contributed by atoms with E-state index in [2.05, 4.69) is 0 Å². The predicted octanol–water partition coefficient (Wildman–Crippen LogP) is 1.73. The molecule has 0 radical (unpaired) electrons. The van der Waals surface area contributed by atoms with E-state index in [-0.39, 0.29) is 23.9 Å². The zero-order valence-corrected chi connectivity index (χ0v) is 11.7. The van der Waals surface area contributed by atoms with Crippen LogP contribution in [0.5, 0.6) is 0 Å². The zero-order chi connectivity index (χ0) is 15.4. The third-order valence-corrected chi connectivity index (χ3v) is 3.08. The van der Waals surface area contributed by atoms with Gasteiger partial charge in [-0.1, -0.05) is 0 Å². The molecular formula is C14H18F2N2O2. The second kappa shape index (κ2) is 6.56. The Hall–Kier alpha value is -1.82. The van der Waals surface area contributed by atoms with Gasteiger partial charge in [0.15, 0.2) is 17.4 Å². The number of amides is 1. The smallest absolute Gasteiger partial charge is 0.231 e. The Morgan fingerprint density at radius 2 is 1.80 bits per heavy atom. The summed E-state index contributed by atoms with van der Waals surface area (Å²) < 4.78 is 26.0. The van der Waals surface area contributed by atoms with E-state index in [1.54, 1.807) is 11.8 Å². The van der Waals surface area contributed by atoms with E-state index in [9.17, 15) is 18.4 Å². The molecular weight excluding hydrogens is 266 g/mol. The minimum absolute atomic E-state index is 0.0616. The third-order valence-electron chi connectivity index (χ3n) is 3.08. The molecule has 4 nitrogen and oxygen atoms in total. The zero-order valence-electron chi connectivity index (χ0n) is 11.7. The largest absolute Gasteiger partial charge is 0.369 e. The number of halogens is 2. The van der Waals surface area contributed by atoms with Gasteiger partial charge in [0.1, 0.15) is 0 Å².